The number of anilines is 1. The highest BCUT2D eigenvalue weighted by Gasteiger charge is 2.17. The van der Waals surface area contributed by atoms with Gasteiger partial charge in [0.1, 0.15) is 11.6 Å². The Balaban J connectivity index is 1.53. The summed E-state index contributed by atoms with van der Waals surface area (Å²) >= 11 is 6.13. The summed E-state index contributed by atoms with van der Waals surface area (Å²) in [6.07, 6.45) is 9.39. The Kier molecular flexibility index (Phi) is 4.84. The van der Waals surface area contributed by atoms with Gasteiger partial charge in [-0.2, -0.15) is 5.10 Å². The lowest BCUT2D eigenvalue weighted by atomic mass is 10.0. The molecule has 4 aromatic rings. The first-order chi connectivity index (χ1) is 14.6. The predicted molar refractivity (Wildman–Crippen MR) is 117 cm³/mol. The van der Waals surface area contributed by atoms with Crippen molar-refractivity contribution in [2.24, 2.45) is 0 Å². The van der Waals surface area contributed by atoms with Crippen LogP contribution in [-0.2, 0) is 0 Å². The summed E-state index contributed by atoms with van der Waals surface area (Å²) in [6, 6.07) is 6.84. The molecule has 0 unspecified atom stereocenters. The van der Waals surface area contributed by atoms with Crippen molar-refractivity contribution in [3.05, 3.63) is 59.9 Å². The van der Waals surface area contributed by atoms with Crippen molar-refractivity contribution in [3.8, 4) is 22.4 Å². The van der Waals surface area contributed by atoms with E-state index in [-0.39, 0.29) is 0 Å². The Hall–Kier alpha value is -3.03. The van der Waals surface area contributed by atoms with Crippen LogP contribution in [0.2, 0.25) is 5.02 Å². The highest BCUT2D eigenvalue weighted by Crippen LogP contribution is 2.32. The van der Waals surface area contributed by atoms with Crippen LogP contribution in [0.15, 0.2) is 49.1 Å². The van der Waals surface area contributed by atoms with Crippen LogP contribution in [-0.4, -0.2) is 32.8 Å². The number of aromatic nitrogens is 4. The third-order valence-corrected chi connectivity index (χ3v) is 5.88. The summed E-state index contributed by atoms with van der Waals surface area (Å²) in [5, 5.41) is 9.61. The molecule has 0 spiro atoms. The quantitative estimate of drug-likeness (QED) is 0.509. The molecule has 1 saturated heterocycles. The summed E-state index contributed by atoms with van der Waals surface area (Å²) in [6.45, 7) is 2.01. The molecular formula is C22H20ClFN6. The van der Waals surface area contributed by atoms with E-state index in [0.29, 0.717) is 38.9 Å². The van der Waals surface area contributed by atoms with Gasteiger partial charge in [0.15, 0.2) is 0 Å². The Bertz CT molecular complexity index is 1230. The summed E-state index contributed by atoms with van der Waals surface area (Å²) in [4.78, 5) is 8.85. The predicted octanol–water partition coefficient (Wildman–Crippen LogP) is 4.46. The summed E-state index contributed by atoms with van der Waals surface area (Å²) in [5.74, 6) is -0.0336. The topological polar surface area (TPSA) is 81.6 Å². The minimum atomic E-state index is -0.394. The third-order valence-electron chi connectivity index (χ3n) is 5.56. The van der Waals surface area contributed by atoms with Crippen molar-refractivity contribution in [1.29, 1.82) is 0 Å². The van der Waals surface area contributed by atoms with Crippen LogP contribution in [0.25, 0.3) is 33.2 Å². The van der Waals surface area contributed by atoms with E-state index in [1.54, 1.807) is 18.5 Å². The van der Waals surface area contributed by atoms with Gasteiger partial charge in [-0.15, -0.1) is 0 Å². The summed E-state index contributed by atoms with van der Waals surface area (Å²) in [7, 11) is 0. The number of nitrogen functional groups attached to an aromatic ring is 1. The normalized spacial score (nSPS) is 15.0. The standard InChI is InChI=1S/C22H20ClFN6/c23-20-8-16(24)5-13-7-21(27-11-19(13)20)18-6-14(9-28-22(18)25)15-10-29-30(12-15)17-1-3-26-4-2-17/h5-12,17,26H,1-4H2,(H2,25,28). The van der Waals surface area contributed by atoms with Crippen molar-refractivity contribution in [2.75, 3.05) is 18.8 Å². The number of rotatable bonds is 3. The second-order valence-corrected chi connectivity index (χ2v) is 7.93. The molecule has 1 fully saturated rings. The van der Waals surface area contributed by atoms with Gasteiger partial charge in [-0.25, -0.2) is 9.37 Å². The minimum absolute atomic E-state index is 0.328. The molecule has 3 aromatic heterocycles. The summed E-state index contributed by atoms with van der Waals surface area (Å²) < 4.78 is 15.8. The van der Waals surface area contributed by atoms with Gasteiger partial charge in [-0.1, -0.05) is 11.6 Å². The van der Waals surface area contributed by atoms with Crippen LogP contribution >= 0.6 is 11.6 Å². The largest absolute Gasteiger partial charge is 0.383 e. The lowest BCUT2D eigenvalue weighted by Gasteiger charge is -2.22. The number of hydrogen-bond acceptors (Lipinski definition) is 5. The molecule has 30 heavy (non-hydrogen) atoms. The fourth-order valence-electron chi connectivity index (χ4n) is 3.92. The van der Waals surface area contributed by atoms with E-state index < -0.39 is 5.82 Å². The number of benzene rings is 1. The van der Waals surface area contributed by atoms with E-state index in [1.165, 1.54) is 12.1 Å². The van der Waals surface area contributed by atoms with Crippen molar-refractivity contribution < 1.29 is 4.39 Å². The molecule has 0 aliphatic carbocycles. The van der Waals surface area contributed by atoms with E-state index in [0.717, 1.165) is 37.1 Å². The van der Waals surface area contributed by atoms with Crippen molar-refractivity contribution >= 4 is 28.2 Å². The van der Waals surface area contributed by atoms with Gasteiger partial charge in [0.2, 0.25) is 0 Å². The zero-order valence-corrected chi connectivity index (χ0v) is 16.9. The molecule has 0 bridgehead atoms. The molecule has 1 aliphatic rings. The Morgan fingerprint density at radius 1 is 1.03 bits per heavy atom. The minimum Gasteiger partial charge on any atom is -0.383 e. The first-order valence-electron chi connectivity index (χ1n) is 9.84. The van der Waals surface area contributed by atoms with E-state index in [4.69, 9.17) is 17.3 Å². The number of piperidine rings is 1. The molecule has 0 saturated carbocycles. The van der Waals surface area contributed by atoms with Gasteiger partial charge in [-0.3, -0.25) is 9.67 Å². The number of nitrogens with one attached hydrogen (secondary N) is 1. The average Bonchev–Trinajstić information content (AvgIpc) is 3.24. The van der Waals surface area contributed by atoms with Crippen LogP contribution in [0.1, 0.15) is 18.9 Å². The molecule has 152 valence electrons. The maximum Gasteiger partial charge on any atom is 0.132 e. The molecule has 5 rings (SSSR count). The fraction of sp³-hybridized carbons (Fsp3) is 0.227. The zero-order valence-electron chi connectivity index (χ0n) is 16.1. The maximum atomic E-state index is 13.8. The Labute approximate surface area is 177 Å². The monoisotopic (exact) mass is 422 g/mol. The fourth-order valence-corrected chi connectivity index (χ4v) is 4.18. The van der Waals surface area contributed by atoms with E-state index in [1.807, 2.05) is 16.9 Å². The number of nitrogens with two attached hydrogens (primary N) is 1. The van der Waals surface area contributed by atoms with Crippen LogP contribution in [0.5, 0.6) is 0 Å². The van der Waals surface area contributed by atoms with Gasteiger partial charge in [0, 0.05) is 40.7 Å². The van der Waals surface area contributed by atoms with Gasteiger partial charge in [-0.05, 0) is 55.6 Å². The number of nitrogens with zero attached hydrogens (tertiary/aromatic N) is 4. The van der Waals surface area contributed by atoms with Crippen molar-refractivity contribution in [2.45, 2.75) is 18.9 Å². The van der Waals surface area contributed by atoms with Gasteiger partial charge in [0.25, 0.3) is 0 Å². The van der Waals surface area contributed by atoms with Crippen LogP contribution < -0.4 is 11.1 Å². The first kappa shape index (κ1) is 19.0. The Morgan fingerprint density at radius 2 is 1.87 bits per heavy atom. The van der Waals surface area contributed by atoms with Gasteiger partial charge in [0.05, 0.1) is 23.0 Å². The second-order valence-electron chi connectivity index (χ2n) is 7.53. The van der Waals surface area contributed by atoms with Gasteiger partial charge >= 0.3 is 0 Å². The number of hydrogen-bond donors (Lipinski definition) is 2. The van der Waals surface area contributed by atoms with Crippen LogP contribution in [0.3, 0.4) is 0 Å². The third kappa shape index (κ3) is 3.51. The molecular weight excluding hydrogens is 403 g/mol. The molecule has 1 aromatic carbocycles. The zero-order chi connectivity index (χ0) is 20.7. The summed E-state index contributed by atoms with van der Waals surface area (Å²) in [5.41, 5.74) is 9.31. The lowest BCUT2D eigenvalue weighted by Crippen LogP contribution is -2.29. The maximum absolute atomic E-state index is 13.8. The number of halogens is 2. The van der Waals surface area contributed by atoms with Crippen molar-refractivity contribution in [3.63, 3.8) is 0 Å². The Morgan fingerprint density at radius 3 is 2.70 bits per heavy atom. The molecule has 6 nitrogen and oxygen atoms in total. The smallest absolute Gasteiger partial charge is 0.132 e. The van der Waals surface area contributed by atoms with Crippen LogP contribution in [0.4, 0.5) is 10.2 Å². The van der Waals surface area contributed by atoms with E-state index in [9.17, 15) is 4.39 Å². The van der Waals surface area contributed by atoms with Gasteiger partial charge < -0.3 is 11.1 Å². The number of pyridine rings is 2. The molecule has 8 heteroatoms. The van der Waals surface area contributed by atoms with Crippen molar-refractivity contribution in [1.82, 2.24) is 25.1 Å². The highest BCUT2D eigenvalue weighted by atomic mass is 35.5. The molecule has 1 aliphatic heterocycles. The molecule has 0 atom stereocenters. The van der Waals surface area contributed by atoms with E-state index in [2.05, 4.69) is 26.6 Å². The average molecular weight is 423 g/mol. The first-order valence-corrected chi connectivity index (χ1v) is 10.2. The highest BCUT2D eigenvalue weighted by molar-refractivity contribution is 6.35. The lowest BCUT2D eigenvalue weighted by molar-refractivity contribution is 0.343. The molecule has 0 amide bonds. The second kappa shape index (κ2) is 7.66. The van der Waals surface area contributed by atoms with Crippen LogP contribution in [0, 0.1) is 5.82 Å². The molecule has 0 radical (unpaired) electrons. The number of fused-ring (bicyclic) bond motifs is 1. The van der Waals surface area contributed by atoms with E-state index >= 15 is 0 Å². The molecule has 4 heterocycles. The SMILES string of the molecule is Nc1ncc(-c2cnn(C3CCNCC3)c2)cc1-c1cc2cc(F)cc(Cl)c2cn1. The molecule has 3 N–H and O–H groups in total.